The Balaban J connectivity index is 1.83. The summed E-state index contributed by atoms with van der Waals surface area (Å²) in [5.41, 5.74) is 0.583. The highest BCUT2D eigenvalue weighted by Crippen LogP contribution is 2.29. The first kappa shape index (κ1) is 15.7. The molecule has 1 fully saturated rings. The maximum atomic E-state index is 12.0. The van der Waals surface area contributed by atoms with E-state index in [1.54, 1.807) is 12.0 Å². The predicted molar refractivity (Wildman–Crippen MR) is 83.7 cm³/mol. The van der Waals surface area contributed by atoms with Crippen molar-refractivity contribution in [3.05, 3.63) is 68.5 Å². The van der Waals surface area contributed by atoms with Crippen LogP contribution >= 0.6 is 0 Å². The largest absolute Gasteiger partial charge is 0.395 e. The van der Waals surface area contributed by atoms with E-state index in [1.165, 1.54) is 10.8 Å². The van der Waals surface area contributed by atoms with E-state index in [2.05, 4.69) is 4.98 Å². The highest BCUT2D eigenvalue weighted by atomic mass is 16.7. The topological polar surface area (TPSA) is 87.6 Å². The summed E-state index contributed by atoms with van der Waals surface area (Å²) in [6.07, 6.45) is 1.42. The van der Waals surface area contributed by atoms with Crippen molar-refractivity contribution in [2.75, 3.05) is 6.61 Å². The SMILES string of the molecule is Cc1cn([C@@H]2C[C@@H](CO)N(Cc3ccccc3)O2)c(=O)[nH]c1=O. The van der Waals surface area contributed by atoms with Crippen LogP contribution in [0.15, 0.2) is 46.1 Å². The number of nitrogens with one attached hydrogen (secondary N) is 1. The lowest BCUT2D eigenvalue weighted by molar-refractivity contribution is -0.194. The number of hydrogen-bond acceptors (Lipinski definition) is 5. The van der Waals surface area contributed by atoms with E-state index in [-0.39, 0.29) is 12.6 Å². The van der Waals surface area contributed by atoms with E-state index in [4.69, 9.17) is 4.84 Å². The highest BCUT2D eigenvalue weighted by molar-refractivity contribution is 5.14. The van der Waals surface area contributed by atoms with Crippen LogP contribution in [-0.4, -0.2) is 32.4 Å². The number of rotatable bonds is 4. The van der Waals surface area contributed by atoms with E-state index < -0.39 is 17.5 Å². The fraction of sp³-hybridized carbons (Fsp3) is 0.375. The zero-order valence-electron chi connectivity index (χ0n) is 12.8. The molecule has 1 aromatic heterocycles. The molecule has 0 unspecified atom stereocenters. The minimum absolute atomic E-state index is 0.0690. The minimum atomic E-state index is -0.543. The molecule has 1 aliphatic heterocycles. The summed E-state index contributed by atoms with van der Waals surface area (Å²) in [4.78, 5) is 31.6. The van der Waals surface area contributed by atoms with Crippen molar-refractivity contribution < 1.29 is 9.94 Å². The molecule has 1 aliphatic rings. The predicted octanol–water partition coefficient (Wildman–Crippen LogP) is 0.542. The lowest BCUT2D eigenvalue weighted by Crippen LogP contribution is -2.33. The van der Waals surface area contributed by atoms with Crippen LogP contribution in [0, 0.1) is 6.92 Å². The lowest BCUT2D eigenvalue weighted by atomic mass is 10.1. The number of aromatic amines is 1. The quantitative estimate of drug-likeness (QED) is 0.859. The zero-order chi connectivity index (χ0) is 16.4. The molecule has 0 spiro atoms. The average Bonchev–Trinajstić information content (AvgIpc) is 2.94. The van der Waals surface area contributed by atoms with E-state index in [9.17, 15) is 14.7 Å². The van der Waals surface area contributed by atoms with Crippen LogP contribution in [0.25, 0.3) is 0 Å². The van der Waals surface area contributed by atoms with Crippen molar-refractivity contribution in [1.29, 1.82) is 0 Å². The average molecular weight is 317 g/mol. The lowest BCUT2D eigenvalue weighted by Gasteiger charge is -2.21. The normalized spacial score (nSPS) is 21.7. The molecule has 0 radical (unpaired) electrons. The first-order valence-corrected chi connectivity index (χ1v) is 7.48. The summed E-state index contributed by atoms with van der Waals surface area (Å²) in [5.74, 6) is 0. The number of aliphatic hydroxyl groups is 1. The Hall–Kier alpha value is -2.22. The number of aliphatic hydroxyl groups excluding tert-OH is 1. The van der Waals surface area contributed by atoms with Gasteiger partial charge in [0.1, 0.15) is 0 Å². The van der Waals surface area contributed by atoms with Gasteiger partial charge in [-0.15, -0.1) is 0 Å². The number of benzene rings is 1. The maximum Gasteiger partial charge on any atom is 0.330 e. The summed E-state index contributed by atoms with van der Waals surface area (Å²) in [6.45, 7) is 2.08. The van der Waals surface area contributed by atoms with Crippen LogP contribution < -0.4 is 11.2 Å². The van der Waals surface area contributed by atoms with Gasteiger partial charge in [0.25, 0.3) is 5.56 Å². The van der Waals surface area contributed by atoms with Crippen LogP contribution in [0.4, 0.5) is 0 Å². The molecular formula is C16H19N3O4. The van der Waals surface area contributed by atoms with Gasteiger partial charge in [-0.3, -0.25) is 19.2 Å². The van der Waals surface area contributed by atoms with E-state index >= 15 is 0 Å². The molecule has 1 aromatic carbocycles. The monoisotopic (exact) mass is 317 g/mol. The summed E-state index contributed by atoms with van der Waals surface area (Å²) < 4.78 is 1.37. The van der Waals surface area contributed by atoms with Crippen LogP contribution in [-0.2, 0) is 11.4 Å². The van der Waals surface area contributed by atoms with Gasteiger partial charge in [-0.2, -0.15) is 5.06 Å². The number of aromatic nitrogens is 2. The Morgan fingerprint density at radius 2 is 2.04 bits per heavy atom. The van der Waals surface area contributed by atoms with Crippen LogP contribution in [0.3, 0.4) is 0 Å². The van der Waals surface area contributed by atoms with Gasteiger partial charge in [-0.1, -0.05) is 30.3 Å². The Bertz CT molecular complexity index is 784. The number of aryl methyl sites for hydroxylation is 1. The van der Waals surface area contributed by atoms with Gasteiger partial charge < -0.3 is 5.11 Å². The van der Waals surface area contributed by atoms with Gasteiger partial charge in [-0.25, -0.2) is 4.79 Å². The molecule has 2 atom stereocenters. The van der Waals surface area contributed by atoms with Gasteiger partial charge in [0.15, 0.2) is 6.23 Å². The molecule has 0 bridgehead atoms. The molecule has 2 heterocycles. The Morgan fingerprint density at radius 1 is 1.30 bits per heavy atom. The van der Waals surface area contributed by atoms with Crippen LogP contribution in [0.5, 0.6) is 0 Å². The van der Waals surface area contributed by atoms with Crippen LogP contribution in [0.2, 0.25) is 0 Å². The number of hydroxylamine groups is 2. The summed E-state index contributed by atoms with van der Waals surface area (Å²) in [5, 5.41) is 11.3. The maximum absolute atomic E-state index is 12.0. The molecule has 23 heavy (non-hydrogen) atoms. The third-order valence-corrected chi connectivity index (χ3v) is 3.99. The Morgan fingerprint density at radius 3 is 2.74 bits per heavy atom. The second kappa shape index (κ2) is 6.49. The molecule has 3 rings (SSSR count). The van der Waals surface area contributed by atoms with Crippen molar-refractivity contribution in [3.63, 3.8) is 0 Å². The molecule has 1 saturated heterocycles. The van der Waals surface area contributed by atoms with Crippen molar-refractivity contribution in [1.82, 2.24) is 14.6 Å². The number of nitrogens with zero attached hydrogens (tertiary/aromatic N) is 2. The van der Waals surface area contributed by atoms with E-state index in [0.29, 0.717) is 18.5 Å². The van der Waals surface area contributed by atoms with E-state index in [1.807, 2.05) is 30.3 Å². The van der Waals surface area contributed by atoms with Crippen molar-refractivity contribution in [2.24, 2.45) is 0 Å². The molecule has 0 amide bonds. The second-order valence-corrected chi connectivity index (χ2v) is 5.67. The second-order valence-electron chi connectivity index (χ2n) is 5.67. The van der Waals surface area contributed by atoms with Crippen LogP contribution in [0.1, 0.15) is 23.8 Å². The van der Waals surface area contributed by atoms with Crippen molar-refractivity contribution in [2.45, 2.75) is 32.2 Å². The third kappa shape index (κ3) is 3.26. The van der Waals surface area contributed by atoms with Gasteiger partial charge in [0.05, 0.1) is 12.6 Å². The van der Waals surface area contributed by atoms with Crippen molar-refractivity contribution in [3.8, 4) is 0 Å². The Labute approximate surface area is 132 Å². The standard InChI is InChI=1S/C16H19N3O4/c1-11-8-18(16(22)17-15(11)21)14-7-13(10-20)19(23-14)9-12-5-3-2-4-6-12/h2-6,8,13-14,20H,7,9-10H2,1H3,(H,17,21,22)/t13-,14-/m0/s1. The molecule has 2 aromatic rings. The zero-order valence-corrected chi connectivity index (χ0v) is 12.8. The summed E-state index contributed by atoms with van der Waals surface area (Å²) >= 11 is 0. The number of hydrogen-bond donors (Lipinski definition) is 2. The summed E-state index contributed by atoms with van der Waals surface area (Å²) in [6, 6.07) is 9.55. The first-order chi connectivity index (χ1) is 11.1. The number of H-pyrrole nitrogens is 1. The smallest absolute Gasteiger partial charge is 0.330 e. The van der Waals surface area contributed by atoms with Crippen molar-refractivity contribution >= 4 is 0 Å². The molecule has 122 valence electrons. The molecule has 7 heteroatoms. The molecule has 0 saturated carbocycles. The van der Waals surface area contributed by atoms with Gasteiger partial charge in [0, 0.05) is 24.7 Å². The molecule has 0 aliphatic carbocycles. The third-order valence-electron chi connectivity index (χ3n) is 3.99. The molecular weight excluding hydrogens is 298 g/mol. The minimum Gasteiger partial charge on any atom is -0.395 e. The van der Waals surface area contributed by atoms with Gasteiger partial charge >= 0.3 is 5.69 Å². The first-order valence-electron chi connectivity index (χ1n) is 7.48. The van der Waals surface area contributed by atoms with Gasteiger partial charge in [0.2, 0.25) is 0 Å². The molecule has 2 N–H and O–H groups in total. The fourth-order valence-electron chi connectivity index (χ4n) is 2.70. The fourth-order valence-corrected chi connectivity index (χ4v) is 2.70. The molecule has 7 nitrogen and oxygen atoms in total. The Kier molecular flexibility index (Phi) is 4.42. The summed E-state index contributed by atoms with van der Waals surface area (Å²) in [7, 11) is 0. The highest BCUT2D eigenvalue weighted by Gasteiger charge is 2.34. The van der Waals surface area contributed by atoms with Gasteiger partial charge in [-0.05, 0) is 12.5 Å². The van der Waals surface area contributed by atoms with E-state index in [0.717, 1.165) is 5.56 Å².